The van der Waals surface area contributed by atoms with Gasteiger partial charge in [0.05, 0.1) is 11.7 Å². The summed E-state index contributed by atoms with van der Waals surface area (Å²) < 4.78 is 1.50. The zero-order valence-electron chi connectivity index (χ0n) is 15.6. The van der Waals surface area contributed by atoms with Crippen molar-refractivity contribution in [1.29, 1.82) is 0 Å². The summed E-state index contributed by atoms with van der Waals surface area (Å²) in [5.41, 5.74) is 3.30. The van der Waals surface area contributed by atoms with E-state index < -0.39 is 0 Å². The Kier molecular flexibility index (Phi) is 4.51. The minimum Gasteiger partial charge on any atom is -0.329 e. The Hall–Kier alpha value is -2.96. The van der Waals surface area contributed by atoms with E-state index in [1.807, 2.05) is 30.9 Å². The van der Waals surface area contributed by atoms with E-state index in [-0.39, 0.29) is 17.5 Å². The van der Waals surface area contributed by atoms with E-state index in [1.165, 1.54) is 4.52 Å². The molecule has 1 saturated heterocycles. The van der Waals surface area contributed by atoms with Gasteiger partial charge in [-0.15, -0.1) is 0 Å². The number of carbonyl (C=O) groups is 1. The molecule has 27 heavy (non-hydrogen) atoms. The molecule has 1 aliphatic heterocycles. The molecule has 3 aromatic rings. The Labute approximate surface area is 157 Å². The van der Waals surface area contributed by atoms with Gasteiger partial charge in [0.15, 0.2) is 5.65 Å². The van der Waals surface area contributed by atoms with Crippen LogP contribution < -0.4 is 5.56 Å². The van der Waals surface area contributed by atoms with Gasteiger partial charge in [-0.25, -0.2) is 9.50 Å². The monoisotopic (exact) mass is 365 g/mol. The van der Waals surface area contributed by atoms with E-state index in [0.717, 1.165) is 30.7 Å². The van der Waals surface area contributed by atoms with Gasteiger partial charge < -0.3 is 4.90 Å². The lowest BCUT2D eigenvalue weighted by Gasteiger charge is -2.34. The molecular weight excluding hydrogens is 342 g/mol. The number of hydrogen-bond acceptors (Lipinski definition) is 4. The van der Waals surface area contributed by atoms with E-state index in [0.29, 0.717) is 29.9 Å². The zero-order valence-corrected chi connectivity index (χ0v) is 15.6. The van der Waals surface area contributed by atoms with Gasteiger partial charge in [-0.2, -0.15) is 0 Å². The van der Waals surface area contributed by atoms with Crippen molar-refractivity contribution in [2.75, 3.05) is 6.54 Å². The van der Waals surface area contributed by atoms with Crippen molar-refractivity contribution in [2.24, 2.45) is 0 Å². The van der Waals surface area contributed by atoms with Gasteiger partial charge in [0.25, 0.3) is 11.5 Å². The number of rotatable bonds is 3. The lowest BCUT2D eigenvalue weighted by atomic mass is 9.99. The van der Waals surface area contributed by atoms with Gasteiger partial charge in [0.2, 0.25) is 0 Å². The second-order valence-electron chi connectivity index (χ2n) is 6.96. The SMILES string of the molecule is CCc1c(C)nc2cc([C@@H]3CCCCN3C(=O)c3ccccn3)[nH]n2c1=O. The lowest BCUT2D eigenvalue weighted by molar-refractivity contribution is 0.0599. The number of aryl methyl sites for hydroxylation is 1. The number of nitrogens with one attached hydrogen (secondary N) is 1. The molecule has 4 heterocycles. The van der Waals surface area contributed by atoms with Crippen LogP contribution in [-0.4, -0.2) is 36.9 Å². The van der Waals surface area contributed by atoms with Gasteiger partial charge in [-0.3, -0.25) is 19.7 Å². The van der Waals surface area contributed by atoms with Crippen LogP contribution in [0.2, 0.25) is 0 Å². The average molecular weight is 365 g/mol. The molecule has 0 spiro atoms. The Balaban J connectivity index is 1.75. The van der Waals surface area contributed by atoms with Crippen LogP contribution in [0.5, 0.6) is 0 Å². The summed E-state index contributed by atoms with van der Waals surface area (Å²) in [5.74, 6) is -0.0790. The molecule has 0 saturated carbocycles. The quantitative estimate of drug-likeness (QED) is 0.773. The third-order valence-electron chi connectivity index (χ3n) is 5.30. The summed E-state index contributed by atoms with van der Waals surface area (Å²) in [6.07, 6.45) is 5.12. The summed E-state index contributed by atoms with van der Waals surface area (Å²) in [7, 11) is 0. The first kappa shape index (κ1) is 17.5. The van der Waals surface area contributed by atoms with Crippen molar-refractivity contribution >= 4 is 11.6 Å². The Bertz CT molecular complexity index is 1040. The maximum Gasteiger partial charge on any atom is 0.276 e. The van der Waals surface area contributed by atoms with Crippen LogP contribution in [0.1, 0.15) is 59.7 Å². The second kappa shape index (κ2) is 6.98. The van der Waals surface area contributed by atoms with Crippen LogP contribution >= 0.6 is 0 Å². The minimum atomic E-state index is -0.111. The molecule has 0 aliphatic carbocycles. The first-order chi connectivity index (χ1) is 13.1. The number of piperidine rings is 1. The van der Waals surface area contributed by atoms with E-state index in [9.17, 15) is 9.59 Å². The molecule has 7 nitrogen and oxygen atoms in total. The maximum absolute atomic E-state index is 13.0. The smallest absolute Gasteiger partial charge is 0.276 e. The molecule has 4 rings (SSSR count). The van der Waals surface area contributed by atoms with E-state index in [4.69, 9.17) is 0 Å². The summed E-state index contributed by atoms with van der Waals surface area (Å²) in [4.78, 5) is 36.3. The van der Waals surface area contributed by atoms with Crippen molar-refractivity contribution in [2.45, 2.75) is 45.6 Å². The number of amides is 1. The number of aromatic amines is 1. The highest BCUT2D eigenvalue weighted by molar-refractivity contribution is 5.92. The number of pyridine rings is 1. The number of likely N-dealkylation sites (tertiary alicyclic amines) is 1. The van der Waals surface area contributed by atoms with E-state index in [1.54, 1.807) is 18.3 Å². The molecule has 0 radical (unpaired) electrons. The highest BCUT2D eigenvalue weighted by Gasteiger charge is 2.31. The molecule has 0 unspecified atom stereocenters. The fraction of sp³-hybridized carbons (Fsp3) is 0.400. The fourth-order valence-corrected chi connectivity index (χ4v) is 3.90. The number of carbonyl (C=O) groups excluding carboxylic acids is 1. The first-order valence-electron chi connectivity index (χ1n) is 9.43. The fourth-order valence-electron chi connectivity index (χ4n) is 3.90. The maximum atomic E-state index is 13.0. The van der Waals surface area contributed by atoms with Gasteiger partial charge in [-0.1, -0.05) is 13.0 Å². The Morgan fingerprint density at radius 1 is 1.33 bits per heavy atom. The standard InChI is InChI=1S/C20H23N5O2/c1-3-14-13(2)22-18-12-16(23-25(18)19(14)26)17-9-5-7-11-24(17)20(27)15-8-4-6-10-21-15/h4,6,8,10,12,17,23H,3,5,7,9,11H2,1-2H3/t17-/m0/s1. The molecule has 1 amide bonds. The van der Waals surface area contributed by atoms with Crippen molar-refractivity contribution < 1.29 is 4.79 Å². The van der Waals surface area contributed by atoms with Gasteiger partial charge >= 0.3 is 0 Å². The molecule has 3 aromatic heterocycles. The lowest BCUT2D eigenvalue weighted by Crippen LogP contribution is -2.39. The van der Waals surface area contributed by atoms with Crippen molar-refractivity contribution in [3.8, 4) is 0 Å². The van der Waals surface area contributed by atoms with Gasteiger partial charge in [-0.05, 0) is 44.7 Å². The third kappa shape index (κ3) is 3.03. The van der Waals surface area contributed by atoms with Crippen LogP contribution in [0.4, 0.5) is 0 Å². The van der Waals surface area contributed by atoms with E-state index in [2.05, 4.69) is 15.1 Å². The number of hydrogen-bond donors (Lipinski definition) is 1. The van der Waals surface area contributed by atoms with Gasteiger partial charge in [0.1, 0.15) is 5.69 Å². The third-order valence-corrected chi connectivity index (χ3v) is 5.30. The topological polar surface area (TPSA) is 83.4 Å². The number of fused-ring (bicyclic) bond motifs is 1. The molecule has 1 N–H and O–H groups in total. The largest absolute Gasteiger partial charge is 0.329 e. The highest BCUT2D eigenvalue weighted by Crippen LogP contribution is 2.31. The van der Waals surface area contributed by atoms with Crippen LogP contribution in [0.25, 0.3) is 5.65 Å². The van der Waals surface area contributed by atoms with Crippen molar-refractivity contribution in [3.63, 3.8) is 0 Å². The van der Waals surface area contributed by atoms with Crippen molar-refractivity contribution in [1.82, 2.24) is 24.5 Å². The van der Waals surface area contributed by atoms with E-state index >= 15 is 0 Å². The molecule has 140 valence electrons. The molecule has 1 fully saturated rings. The average Bonchev–Trinajstić information content (AvgIpc) is 3.12. The number of nitrogens with zero attached hydrogens (tertiary/aromatic N) is 4. The van der Waals surface area contributed by atoms with Crippen molar-refractivity contribution in [3.05, 3.63) is 63.5 Å². The first-order valence-corrected chi connectivity index (χ1v) is 9.43. The molecule has 7 heteroatoms. The number of aromatic nitrogens is 4. The van der Waals surface area contributed by atoms with Crippen LogP contribution in [0.15, 0.2) is 35.3 Å². The summed E-state index contributed by atoms with van der Waals surface area (Å²) in [6, 6.07) is 7.14. The minimum absolute atomic E-state index is 0.0651. The number of H-pyrrole nitrogens is 1. The van der Waals surface area contributed by atoms with Gasteiger partial charge in [0, 0.05) is 30.1 Å². The predicted octanol–water partition coefficient (Wildman–Crippen LogP) is 2.66. The summed E-state index contributed by atoms with van der Waals surface area (Å²) in [5, 5.41) is 3.20. The molecule has 1 atom stereocenters. The van der Waals surface area contributed by atoms with Crippen LogP contribution in [0.3, 0.4) is 0 Å². The zero-order chi connectivity index (χ0) is 19.0. The summed E-state index contributed by atoms with van der Waals surface area (Å²) >= 11 is 0. The summed E-state index contributed by atoms with van der Waals surface area (Å²) in [6.45, 7) is 4.50. The Morgan fingerprint density at radius 2 is 2.19 bits per heavy atom. The molecule has 0 bridgehead atoms. The Morgan fingerprint density at radius 3 is 2.93 bits per heavy atom. The highest BCUT2D eigenvalue weighted by atomic mass is 16.2. The second-order valence-corrected chi connectivity index (χ2v) is 6.96. The van der Waals surface area contributed by atoms with Crippen LogP contribution in [0, 0.1) is 6.92 Å². The normalized spacial score (nSPS) is 17.4. The predicted molar refractivity (Wildman–Crippen MR) is 102 cm³/mol. The molecule has 0 aromatic carbocycles. The van der Waals surface area contributed by atoms with Crippen LogP contribution in [-0.2, 0) is 6.42 Å². The molecular formula is C20H23N5O2. The molecule has 1 aliphatic rings.